The van der Waals surface area contributed by atoms with E-state index in [0.29, 0.717) is 17.8 Å². The van der Waals surface area contributed by atoms with Gasteiger partial charge in [0.05, 0.1) is 25.8 Å². The van der Waals surface area contributed by atoms with Gasteiger partial charge in [0.1, 0.15) is 17.2 Å². The molecule has 0 aliphatic carbocycles. The SMILES string of the molecule is C.COc1c(C)c(C)c(C(c2c(C)c(C)c(OC(C)C)c(C)c2C)C(C)C)c(OC)c1C.Cc1c(C)c(C)c2c(c1C)c(CC(C)C)c(C)n2CC(C)C. The van der Waals surface area contributed by atoms with E-state index in [1.807, 2.05) is 0 Å². The molecule has 0 fully saturated rings. The normalized spacial score (nSPS) is 12.1. The van der Waals surface area contributed by atoms with Gasteiger partial charge in [-0.25, -0.2) is 0 Å². The Kier molecular flexibility index (Phi) is 16.0. The zero-order valence-corrected chi connectivity index (χ0v) is 38.0. The van der Waals surface area contributed by atoms with Crippen LogP contribution in [-0.2, 0) is 13.0 Å². The molecule has 0 N–H and O–H groups in total. The number of aromatic nitrogens is 1. The minimum absolute atomic E-state index is 0. The highest BCUT2D eigenvalue weighted by Gasteiger charge is 2.32. The van der Waals surface area contributed by atoms with Crippen molar-refractivity contribution in [2.75, 3.05) is 14.2 Å². The van der Waals surface area contributed by atoms with E-state index in [0.717, 1.165) is 29.4 Å². The maximum Gasteiger partial charge on any atom is 0.129 e. The highest BCUT2D eigenvalue weighted by molar-refractivity contribution is 5.93. The highest BCUT2D eigenvalue weighted by atomic mass is 16.5. The van der Waals surface area contributed by atoms with Gasteiger partial charge < -0.3 is 18.8 Å². The van der Waals surface area contributed by atoms with Crippen LogP contribution >= 0.6 is 0 Å². The van der Waals surface area contributed by atoms with E-state index in [-0.39, 0.29) is 19.4 Å². The van der Waals surface area contributed by atoms with Gasteiger partial charge in [0.2, 0.25) is 0 Å². The summed E-state index contributed by atoms with van der Waals surface area (Å²) in [4.78, 5) is 0. The molecule has 0 radical (unpaired) electrons. The van der Waals surface area contributed by atoms with Crippen molar-refractivity contribution in [1.82, 2.24) is 4.57 Å². The van der Waals surface area contributed by atoms with E-state index >= 15 is 0 Å². The maximum absolute atomic E-state index is 6.23. The molecule has 4 aromatic rings. The quantitative estimate of drug-likeness (QED) is 0.153. The van der Waals surface area contributed by atoms with E-state index < -0.39 is 0 Å². The molecule has 0 aliphatic heterocycles. The summed E-state index contributed by atoms with van der Waals surface area (Å²) in [5.41, 5.74) is 21.7. The third-order valence-corrected chi connectivity index (χ3v) is 12.1. The minimum atomic E-state index is 0. The molecule has 1 aromatic heterocycles. The summed E-state index contributed by atoms with van der Waals surface area (Å²) in [6, 6.07) is 0. The number of rotatable bonds is 11. The standard InChI is InChI=1S/C28H42O3.C21H33N.CH4/c1-14(2)23(25-18(7)19(8)26(29-12)22(11)28(25)30-13)24-16(5)20(9)27(31-15(3)4)21(10)17(24)6;1-12(2)10-19-18(9)22(11-13(3)4)21-17(8)15(6)14(5)16(7)20(19)21;/h14-15,23H,1-13H3;12-13H,10-11H2,1-9H3;1H4. The van der Waals surface area contributed by atoms with Gasteiger partial charge in [0.25, 0.3) is 0 Å². The Balaban J connectivity index is 0.000000387. The second-order valence-corrected chi connectivity index (χ2v) is 17.4. The van der Waals surface area contributed by atoms with Crippen LogP contribution in [0.25, 0.3) is 10.9 Å². The number of fused-ring (bicyclic) bond motifs is 1. The van der Waals surface area contributed by atoms with E-state index in [2.05, 4.69) is 143 Å². The van der Waals surface area contributed by atoms with E-state index in [9.17, 15) is 0 Å². The van der Waals surface area contributed by atoms with Crippen LogP contribution in [0.15, 0.2) is 0 Å². The van der Waals surface area contributed by atoms with Crippen LogP contribution in [-0.4, -0.2) is 24.9 Å². The smallest absolute Gasteiger partial charge is 0.129 e. The molecule has 4 rings (SSSR count). The Bertz CT molecular complexity index is 1860. The predicted octanol–water partition coefficient (Wildman–Crippen LogP) is 14.1. The number of hydrogen-bond acceptors (Lipinski definition) is 3. The van der Waals surface area contributed by atoms with Crippen LogP contribution in [0.4, 0.5) is 0 Å². The molecule has 0 amide bonds. The van der Waals surface area contributed by atoms with Crippen molar-refractivity contribution in [2.45, 2.75) is 171 Å². The lowest BCUT2D eigenvalue weighted by Gasteiger charge is -2.33. The number of ether oxygens (including phenoxy) is 3. The molecular weight excluding hydrogens is 663 g/mol. The summed E-state index contributed by atoms with van der Waals surface area (Å²) in [6.45, 7) is 46.0. The Hall–Kier alpha value is -3.40. The monoisotopic (exact) mass is 742 g/mol. The van der Waals surface area contributed by atoms with Gasteiger partial charge in [-0.1, -0.05) is 49.0 Å². The summed E-state index contributed by atoms with van der Waals surface area (Å²) in [5, 5.41) is 1.53. The summed E-state index contributed by atoms with van der Waals surface area (Å²) in [7, 11) is 3.51. The molecule has 3 aromatic carbocycles. The fraction of sp³-hybridized carbons (Fsp3) is 0.600. The number of benzene rings is 3. The number of hydrogen-bond donors (Lipinski definition) is 0. The van der Waals surface area contributed by atoms with Crippen molar-refractivity contribution in [2.24, 2.45) is 17.8 Å². The fourth-order valence-corrected chi connectivity index (χ4v) is 8.83. The van der Waals surface area contributed by atoms with Gasteiger partial charge in [0, 0.05) is 34.7 Å². The first-order valence-corrected chi connectivity index (χ1v) is 20.1. The van der Waals surface area contributed by atoms with Crippen molar-refractivity contribution in [1.29, 1.82) is 0 Å². The van der Waals surface area contributed by atoms with Crippen LogP contribution in [0.3, 0.4) is 0 Å². The largest absolute Gasteiger partial charge is 0.496 e. The van der Waals surface area contributed by atoms with E-state index in [1.165, 1.54) is 89.8 Å². The van der Waals surface area contributed by atoms with Crippen molar-refractivity contribution >= 4 is 10.9 Å². The number of aryl methyl sites for hydroxylation is 2. The van der Waals surface area contributed by atoms with Crippen LogP contribution in [0.5, 0.6) is 17.2 Å². The topological polar surface area (TPSA) is 32.6 Å². The molecule has 0 aliphatic rings. The molecule has 0 bridgehead atoms. The summed E-state index contributed by atoms with van der Waals surface area (Å²) in [5.74, 6) is 4.86. The van der Waals surface area contributed by atoms with Gasteiger partial charge >= 0.3 is 0 Å². The third kappa shape index (κ3) is 8.69. The van der Waals surface area contributed by atoms with Crippen molar-refractivity contribution in [3.63, 3.8) is 0 Å². The van der Waals surface area contributed by atoms with Gasteiger partial charge in [0.15, 0.2) is 0 Å². The maximum atomic E-state index is 6.23. The lowest BCUT2D eigenvalue weighted by molar-refractivity contribution is 0.238. The van der Waals surface area contributed by atoms with Gasteiger partial charge in [-0.3, -0.25) is 0 Å². The highest BCUT2D eigenvalue weighted by Crippen LogP contribution is 2.49. The van der Waals surface area contributed by atoms with Crippen LogP contribution in [0.2, 0.25) is 0 Å². The molecule has 54 heavy (non-hydrogen) atoms. The van der Waals surface area contributed by atoms with Crippen molar-refractivity contribution in [3.05, 3.63) is 83.6 Å². The summed E-state index contributed by atoms with van der Waals surface area (Å²) in [6.07, 6.45) is 1.33. The fourth-order valence-electron chi connectivity index (χ4n) is 8.83. The average Bonchev–Trinajstić information content (AvgIpc) is 3.33. The molecule has 4 nitrogen and oxygen atoms in total. The van der Waals surface area contributed by atoms with Gasteiger partial charge in [-0.2, -0.15) is 0 Å². The lowest BCUT2D eigenvalue weighted by atomic mass is 9.74. The molecular formula is C50H79NO3. The van der Waals surface area contributed by atoms with Crippen LogP contribution in [0, 0.1) is 101 Å². The zero-order chi connectivity index (χ0) is 40.5. The predicted molar refractivity (Wildman–Crippen MR) is 237 cm³/mol. The molecule has 0 spiro atoms. The molecule has 1 atom stereocenters. The van der Waals surface area contributed by atoms with Crippen LogP contribution < -0.4 is 14.2 Å². The second-order valence-electron chi connectivity index (χ2n) is 17.4. The molecule has 302 valence electrons. The first-order valence-electron chi connectivity index (χ1n) is 20.1. The van der Waals surface area contributed by atoms with Crippen molar-refractivity contribution in [3.8, 4) is 17.2 Å². The van der Waals surface area contributed by atoms with E-state index in [1.54, 1.807) is 19.8 Å². The first kappa shape index (κ1) is 46.8. The van der Waals surface area contributed by atoms with Gasteiger partial charge in [-0.15, -0.1) is 0 Å². The third-order valence-electron chi connectivity index (χ3n) is 12.1. The summed E-state index contributed by atoms with van der Waals surface area (Å²) >= 11 is 0. The number of nitrogens with zero attached hydrogens (tertiary/aromatic N) is 1. The Morgan fingerprint density at radius 3 is 1.37 bits per heavy atom. The Morgan fingerprint density at radius 2 is 0.944 bits per heavy atom. The first-order chi connectivity index (χ1) is 24.6. The Morgan fingerprint density at radius 1 is 0.481 bits per heavy atom. The second kappa shape index (κ2) is 18.5. The molecule has 0 saturated carbocycles. The molecule has 1 heterocycles. The Labute approximate surface area is 332 Å². The minimum Gasteiger partial charge on any atom is -0.496 e. The average molecular weight is 742 g/mol. The summed E-state index contributed by atoms with van der Waals surface area (Å²) < 4.78 is 20.6. The van der Waals surface area contributed by atoms with Gasteiger partial charge in [-0.05, 0) is 188 Å². The molecule has 0 saturated heterocycles. The zero-order valence-electron chi connectivity index (χ0n) is 38.0. The van der Waals surface area contributed by atoms with Crippen molar-refractivity contribution < 1.29 is 14.2 Å². The van der Waals surface area contributed by atoms with E-state index in [4.69, 9.17) is 14.2 Å². The molecule has 4 heteroatoms. The molecule has 1 unspecified atom stereocenters. The van der Waals surface area contributed by atoms with Crippen LogP contribution in [0.1, 0.15) is 152 Å². The lowest BCUT2D eigenvalue weighted by Crippen LogP contribution is -2.18. The number of methoxy groups -OCH3 is 2.